The molecule has 0 aliphatic rings. The van der Waals surface area contributed by atoms with Crippen LogP contribution in [0.3, 0.4) is 0 Å². The van der Waals surface area contributed by atoms with Gasteiger partial charge >= 0.3 is 0 Å². The molecular weight excluding hydrogens is 250 g/mol. The zero-order valence-corrected chi connectivity index (χ0v) is 12.2. The van der Waals surface area contributed by atoms with Gasteiger partial charge in [0.05, 0.1) is 17.8 Å². The van der Waals surface area contributed by atoms with Gasteiger partial charge in [-0.3, -0.25) is 9.67 Å². The van der Waals surface area contributed by atoms with Crippen LogP contribution in [0.15, 0.2) is 36.7 Å². The van der Waals surface area contributed by atoms with Crippen molar-refractivity contribution < 1.29 is 5.11 Å². The number of rotatable bonds is 7. The van der Waals surface area contributed by atoms with Crippen LogP contribution < -0.4 is 0 Å². The Morgan fingerprint density at radius 3 is 2.50 bits per heavy atom. The van der Waals surface area contributed by atoms with Gasteiger partial charge in [0, 0.05) is 30.9 Å². The molecule has 0 radical (unpaired) electrons. The molecule has 108 valence electrons. The van der Waals surface area contributed by atoms with Crippen LogP contribution in [0.5, 0.6) is 0 Å². The smallest absolute Gasteiger partial charge is 0.0651 e. The molecule has 4 nitrogen and oxygen atoms in total. The summed E-state index contributed by atoms with van der Waals surface area (Å²) in [7, 11) is 0. The molecule has 1 atom stereocenters. The fourth-order valence-corrected chi connectivity index (χ4v) is 2.43. The first-order chi connectivity index (χ1) is 9.72. The van der Waals surface area contributed by atoms with Crippen molar-refractivity contribution in [1.82, 2.24) is 14.8 Å². The molecule has 0 spiro atoms. The van der Waals surface area contributed by atoms with Crippen molar-refractivity contribution in [3.05, 3.63) is 48.0 Å². The fraction of sp³-hybridized carbons (Fsp3) is 0.500. The van der Waals surface area contributed by atoms with Gasteiger partial charge in [-0.05, 0) is 31.0 Å². The summed E-state index contributed by atoms with van der Waals surface area (Å²) in [6, 6.07) is 8.22. The summed E-state index contributed by atoms with van der Waals surface area (Å²) in [4.78, 5) is 4.23. The third kappa shape index (κ3) is 3.90. The molecule has 20 heavy (non-hydrogen) atoms. The van der Waals surface area contributed by atoms with Crippen LogP contribution in [0.25, 0.3) is 0 Å². The first-order valence-corrected chi connectivity index (χ1v) is 7.35. The van der Waals surface area contributed by atoms with E-state index in [1.807, 2.05) is 35.1 Å². The predicted octanol–water partition coefficient (Wildman–Crippen LogP) is 2.79. The van der Waals surface area contributed by atoms with Gasteiger partial charge in [-0.2, -0.15) is 5.10 Å². The van der Waals surface area contributed by atoms with Crippen molar-refractivity contribution in [2.75, 3.05) is 0 Å². The van der Waals surface area contributed by atoms with E-state index < -0.39 is 6.10 Å². The number of aliphatic hydroxyl groups excluding tert-OH is 1. The van der Waals surface area contributed by atoms with E-state index in [1.165, 1.54) is 0 Å². The summed E-state index contributed by atoms with van der Waals surface area (Å²) in [5, 5.41) is 14.7. The molecule has 0 aromatic carbocycles. The van der Waals surface area contributed by atoms with Crippen molar-refractivity contribution in [1.29, 1.82) is 0 Å². The molecule has 2 aromatic heterocycles. The summed E-state index contributed by atoms with van der Waals surface area (Å²) in [5.74, 6) is 0. The van der Waals surface area contributed by atoms with E-state index in [2.05, 4.69) is 23.9 Å². The number of hydrogen-bond acceptors (Lipinski definition) is 3. The normalized spacial score (nSPS) is 12.8. The van der Waals surface area contributed by atoms with Crippen LogP contribution in [0.1, 0.15) is 44.1 Å². The van der Waals surface area contributed by atoms with E-state index in [-0.39, 0.29) is 0 Å². The average molecular weight is 273 g/mol. The second kappa shape index (κ2) is 7.20. The van der Waals surface area contributed by atoms with Gasteiger partial charge in [0.2, 0.25) is 0 Å². The molecule has 0 bridgehead atoms. The Morgan fingerprint density at radius 1 is 1.10 bits per heavy atom. The van der Waals surface area contributed by atoms with Crippen molar-refractivity contribution in [2.24, 2.45) is 0 Å². The van der Waals surface area contributed by atoms with Crippen molar-refractivity contribution in [3.8, 4) is 0 Å². The largest absolute Gasteiger partial charge is 0.392 e. The molecule has 0 aliphatic carbocycles. The van der Waals surface area contributed by atoms with Gasteiger partial charge in [-0.1, -0.05) is 19.9 Å². The maximum absolute atomic E-state index is 10.1. The van der Waals surface area contributed by atoms with Crippen LogP contribution in [0, 0.1) is 0 Å². The Morgan fingerprint density at radius 2 is 1.85 bits per heavy atom. The molecule has 1 unspecified atom stereocenters. The van der Waals surface area contributed by atoms with E-state index in [0.717, 1.165) is 24.2 Å². The molecule has 2 heterocycles. The highest BCUT2D eigenvalue weighted by atomic mass is 16.3. The maximum atomic E-state index is 10.1. The highest BCUT2D eigenvalue weighted by Gasteiger charge is 2.12. The highest BCUT2D eigenvalue weighted by molar-refractivity contribution is 5.07. The Bertz CT molecular complexity index is 505. The van der Waals surface area contributed by atoms with Gasteiger partial charge < -0.3 is 5.11 Å². The van der Waals surface area contributed by atoms with Gasteiger partial charge in [0.1, 0.15) is 0 Å². The maximum Gasteiger partial charge on any atom is 0.0651 e. The number of hydrogen-bond donors (Lipinski definition) is 1. The number of aromatic nitrogens is 3. The molecular formula is C16H23N3O. The predicted molar refractivity (Wildman–Crippen MR) is 79.5 cm³/mol. The minimum Gasteiger partial charge on any atom is -0.392 e. The molecule has 2 rings (SSSR count). The molecule has 2 aromatic rings. The Labute approximate surface area is 120 Å². The minimum atomic E-state index is -0.435. The Hall–Kier alpha value is -1.68. The lowest BCUT2D eigenvalue weighted by atomic mass is 10.1. The molecule has 1 N–H and O–H groups in total. The lowest BCUT2D eigenvalue weighted by Crippen LogP contribution is -2.16. The number of aliphatic hydroxyl groups is 1. The van der Waals surface area contributed by atoms with Crippen molar-refractivity contribution in [3.63, 3.8) is 0 Å². The van der Waals surface area contributed by atoms with E-state index in [9.17, 15) is 5.11 Å². The Balaban J connectivity index is 1.93. The number of pyridine rings is 1. The van der Waals surface area contributed by atoms with E-state index >= 15 is 0 Å². The van der Waals surface area contributed by atoms with Crippen molar-refractivity contribution >= 4 is 0 Å². The lowest BCUT2D eigenvalue weighted by Gasteiger charge is -2.13. The third-order valence-corrected chi connectivity index (χ3v) is 3.60. The molecule has 0 fully saturated rings. The number of nitrogens with zero attached hydrogens (tertiary/aromatic N) is 3. The monoisotopic (exact) mass is 273 g/mol. The fourth-order valence-electron chi connectivity index (χ4n) is 2.43. The topological polar surface area (TPSA) is 50.9 Å². The average Bonchev–Trinajstić information content (AvgIpc) is 2.89. The molecule has 0 amide bonds. The first-order valence-electron chi connectivity index (χ1n) is 7.35. The molecule has 0 saturated heterocycles. The Kier molecular flexibility index (Phi) is 5.30. The first kappa shape index (κ1) is 14.7. The summed E-state index contributed by atoms with van der Waals surface area (Å²) < 4.78 is 2.02. The molecule has 4 heteroatoms. The van der Waals surface area contributed by atoms with Crippen LogP contribution in [0.2, 0.25) is 0 Å². The minimum absolute atomic E-state index is 0.435. The van der Waals surface area contributed by atoms with Gasteiger partial charge in [-0.25, -0.2) is 0 Å². The standard InChI is InChI=1S/C16H23N3O/c1-3-15(4-2)19-10-8-14(18-19)12-16(20)11-13-7-5-6-9-17-13/h5-10,15-16,20H,3-4,11-12H2,1-2H3. The lowest BCUT2D eigenvalue weighted by molar-refractivity contribution is 0.172. The highest BCUT2D eigenvalue weighted by Crippen LogP contribution is 2.15. The van der Waals surface area contributed by atoms with E-state index in [0.29, 0.717) is 18.9 Å². The zero-order chi connectivity index (χ0) is 14.4. The zero-order valence-electron chi connectivity index (χ0n) is 12.2. The quantitative estimate of drug-likeness (QED) is 0.844. The summed E-state index contributed by atoms with van der Waals surface area (Å²) >= 11 is 0. The van der Waals surface area contributed by atoms with Gasteiger partial charge in [-0.15, -0.1) is 0 Å². The van der Waals surface area contributed by atoms with Gasteiger partial charge in [0.25, 0.3) is 0 Å². The molecule has 0 aliphatic heterocycles. The van der Waals surface area contributed by atoms with Crippen LogP contribution in [0.4, 0.5) is 0 Å². The van der Waals surface area contributed by atoms with Crippen LogP contribution >= 0.6 is 0 Å². The summed E-state index contributed by atoms with van der Waals surface area (Å²) in [6.45, 7) is 4.34. The van der Waals surface area contributed by atoms with Crippen LogP contribution in [-0.2, 0) is 12.8 Å². The van der Waals surface area contributed by atoms with E-state index in [4.69, 9.17) is 0 Å². The third-order valence-electron chi connectivity index (χ3n) is 3.60. The SMILES string of the molecule is CCC(CC)n1ccc(CC(O)Cc2ccccn2)n1. The summed E-state index contributed by atoms with van der Waals surface area (Å²) in [5.41, 5.74) is 1.86. The van der Waals surface area contributed by atoms with Crippen molar-refractivity contribution in [2.45, 2.75) is 51.7 Å². The second-order valence-corrected chi connectivity index (χ2v) is 5.14. The van der Waals surface area contributed by atoms with E-state index in [1.54, 1.807) is 6.20 Å². The van der Waals surface area contributed by atoms with Crippen LogP contribution in [-0.4, -0.2) is 26.0 Å². The molecule has 0 saturated carbocycles. The second-order valence-electron chi connectivity index (χ2n) is 5.14. The van der Waals surface area contributed by atoms with Gasteiger partial charge in [0.15, 0.2) is 0 Å². The summed E-state index contributed by atoms with van der Waals surface area (Å²) in [6.07, 6.45) is 6.63.